The molecule has 10 nitrogen and oxygen atoms in total. The summed E-state index contributed by atoms with van der Waals surface area (Å²) in [5, 5.41) is 9.84. The topological polar surface area (TPSA) is 131 Å². The average molecular weight is 820 g/mol. The number of hydrogen-bond acceptors (Lipinski definition) is 9. The number of esters is 2. The van der Waals surface area contributed by atoms with E-state index in [1.807, 2.05) is 69.8 Å². The number of aliphatic hydroxyl groups is 1. The summed E-state index contributed by atoms with van der Waals surface area (Å²) in [6.45, 7) is 3.86. The molecule has 2 unspecified atom stereocenters. The molecule has 11 heteroatoms. The first kappa shape index (κ1) is 54.2. The zero-order chi connectivity index (χ0) is 42.3. The number of carbonyl (C=O) groups excluding carboxylic acids is 2. The van der Waals surface area contributed by atoms with E-state index in [9.17, 15) is 24.2 Å². The molecule has 0 rings (SSSR count). The fraction of sp³-hybridized carbons (Fsp3) is 0.652. The Bertz CT molecular complexity index is 1260. The second kappa shape index (κ2) is 37.4. The molecule has 0 bridgehead atoms. The summed E-state index contributed by atoms with van der Waals surface area (Å²) in [4.78, 5) is 37.4. The molecule has 0 aromatic rings. The first-order valence-electron chi connectivity index (χ1n) is 21.4. The fourth-order valence-electron chi connectivity index (χ4n) is 5.11. The second-order valence-electron chi connectivity index (χ2n) is 15.2. The van der Waals surface area contributed by atoms with Crippen LogP contribution in [0.3, 0.4) is 0 Å². The summed E-state index contributed by atoms with van der Waals surface area (Å²) in [7, 11) is 1.07. The zero-order valence-electron chi connectivity index (χ0n) is 36.1. The van der Waals surface area contributed by atoms with Gasteiger partial charge in [0.1, 0.15) is 19.8 Å². The molecule has 3 atom stereocenters. The van der Waals surface area contributed by atoms with Crippen molar-refractivity contribution in [3.63, 3.8) is 0 Å². The van der Waals surface area contributed by atoms with Gasteiger partial charge in [-0.05, 0) is 70.6 Å². The molecule has 0 aliphatic carbocycles. The normalized spacial score (nSPS) is 15.0. The molecule has 0 fully saturated rings. The van der Waals surface area contributed by atoms with Crippen molar-refractivity contribution < 1.29 is 47.2 Å². The lowest BCUT2D eigenvalue weighted by atomic mass is 10.1. The van der Waals surface area contributed by atoms with Gasteiger partial charge in [-0.15, -0.1) is 0 Å². The van der Waals surface area contributed by atoms with Crippen LogP contribution in [0, 0.1) is 0 Å². The molecule has 0 radical (unpaired) electrons. The Hall–Kier alpha value is -2.85. The van der Waals surface area contributed by atoms with Crippen molar-refractivity contribution in [1.82, 2.24) is 0 Å². The molecule has 0 saturated heterocycles. The number of rotatable bonds is 37. The van der Waals surface area contributed by atoms with Crippen molar-refractivity contribution in [2.75, 3.05) is 47.5 Å². The van der Waals surface area contributed by atoms with Gasteiger partial charge in [-0.25, -0.2) is 0 Å². The lowest BCUT2D eigenvalue weighted by Gasteiger charge is -2.28. The minimum Gasteiger partial charge on any atom is -0.756 e. The van der Waals surface area contributed by atoms with Crippen LogP contribution in [0.2, 0.25) is 0 Å². The molecule has 0 saturated carbocycles. The van der Waals surface area contributed by atoms with E-state index in [4.69, 9.17) is 18.5 Å². The molecule has 0 aliphatic heterocycles. The van der Waals surface area contributed by atoms with E-state index in [1.165, 1.54) is 25.7 Å². The lowest BCUT2D eigenvalue weighted by Crippen LogP contribution is -2.37. The van der Waals surface area contributed by atoms with Gasteiger partial charge in [0.05, 0.1) is 33.9 Å². The van der Waals surface area contributed by atoms with Gasteiger partial charge in [-0.3, -0.25) is 14.2 Å². The number of quaternary nitrogens is 1. The van der Waals surface area contributed by atoms with Crippen LogP contribution in [-0.4, -0.2) is 81.2 Å². The van der Waals surface area contributed by atoms with Gasteiger partial charge in [0.25, 0.3) is 7.82 Å². The average Bonchev–Trinajstić information content (AvgIpc) is 3.15. The van der Waals surface area contributed by atoms with Crippen molar-refractivity contribution in [2.24, 2.45) is 0 Å². The monoisotopic (exact) mass is 820 g/mol. The third-order valence-corrected chi connectivity index (χ3v) is 9.46. The Balaban J connectivity index is 4.58. The Morgan fingerprint density at radius 2 is 1.26 bits per heavy atom. The number of ether oxygens (including phenoxy) is 2. The van der Waals surface area contributed by atoms with E-state index in [1.54, 1.807) is 6.08 Å². The number of carbonyl (C=O) groups is 2. The van der Waals surface area contributed by atoms with Gasteiger partial charge < -0.3 is 33.0 Å². The van der Waals surface area contributed by atoms with Gasteiger partial charge in [-0.2, -0.15) is 0 Å². The number of unbranched alkanes of at least 4 members (excludes halogenated alkanes) is 9. The van der Waals surface area contributed by atoms with Crippen molar-refractivity contribution in [3.05, 3.63) is 85.1 Å². The van der Waals surface area contributed by atoms with Crippen LogP contribution in [0.4, 0.5) is 0 Å². The maximum atomic E-state index is 12.6. The van der Waals surface area contributed by atoms with Crippen molar-refractivity contribution >= 4 is 19.8 Å². The molecule has 0 aromatic carbocycles. The van der Waals surface area contributed by atoms with Crippen LogP contribution in [0.1, 0.15) is 136 Å². The molecule has 326 valence electrons. The van der Waals surface area contributed by atoms with Crippen LogP contribution in [0.25, 0.3) is 0 Å². The number of allylic oxidation sites excluding steroid dienone is 12. The number of phosphoric ester groups is 1. The number of nitrogens with zero attached hydrogens (tertiary/aromatic N) is 1. The van der Waals surface area contributed by atoms with Crippen molar-refractivity contribution in [1.29, 1.82) is 0 Å². The van der Waals surface area contributed by atoms with Crippen LogP contribution in [-0.2, 0) is 32.7 Å². The van der Waals surface area contributed by atoms with E-state index in [0.717, 1.165) is 64.2 Å². The molecule has 57 heavy (non-hydrogen) atoms. The highest BCUT2D eigenvalue weighted by molar-refractivity contribution is 7.45. The Kier molecular flexibility index (Phi) is 35.6. The lowest BCUT2D eigenvalue weighted by molar-refractivity contribution is -0.870. The van der Waals surface area contributed by atoms with E-state index in [-0.39, 0.29) is 26.1 Å². The summed E-state index contributed by atoms with van der Waals surface area (Å²) in [5.41, 5.74) is 0. The highest BCUT2D eigenvalue weighted by atomic mass is 31.2. The molecule has 0 spiro atoms. The molecule has 0 aromatic heterocycles. The van der Waals surface area contributed by atoms with Crippen LogP contribution in [0.15, 0.2) is 85.1 Å². The number of hydrogen-bond donors (Lipinski definition) is 1. The van der Waals surface area contributed by atoms with E-state index < -0.39 is 38.6 Å². The molecule has 0 aliphatic rings. The van der Waals surface area contributed by atoms with Gasteiger partial charge in [0, 0.05) is 12.8 Å². The Morgan fingerprint density at radius 1 is 0.667 bits per heavy atom. The van der Waals surface area contributed by atoms with Gasteiger partial charge in [0.2, 0.25) is 0 Å². The van der Waals surface area contributed by atoms with Crippen LogP contribution < -0.4 is 4.89 Å². The zero-order valence-corrected chi connectivity index (χ0v) is 37.0. The minimum atomic E-state index is -4.66. The van der Waals surface area contributed by atoms with Crippen LogP contribution >= 0.6 is 7.82 Å². The summed E-state index contributed by atoms with van der Waals surface area (Å²) in [6, 6.07) is 0. The smallest absolute Gasteiger partial charge is 0.306 e. The maximum absolute atomic E-state index is 12.6. The first-order chi connectivity index (χ1) is 27.4. The molecular formula is C46H78NO9P. The third-order valence-electron chi connectivity index (χ3n) is 8.49. The molecule has 0 heterocycles. The summed E-state index contributed by atoms with van der Waals surface area (Å²) >= 11 is 0. The maximum Gasteiger partial charge on any atom is 0.306 e. The highest BCUT2D eigenvalue weighted by Gasteiger charge is 2.21. The van der Waals surface area contributed by atoms with Crippen molar-refractivity contribution in [3.8, 4) is 0 Å². The Morgan fingerprint density at radius 3 is 1.91 bits per heavy atom. The van der Waals surface area contributed by atoms with Gasteiger partial charge in [0.15, 0.2) is 6.10 Å². The summed E-state index contributed by atoms with van der Waals surface area (Å²) in [5.74, 6) is -0.973. The van der Waals surface area contributed by atoms with E-state index in [0.29, 0.717) is 30.3 Å². The summed E-state index contributed by atoms with van der Waals surface area (Å²) < 4.78 is 33.7. The van der Waals surface area contributed by atoms with Gasteiger partial charge >= 0.3 is 11.9 Å². The largest absolute Gasteiger partial charge is 0.756 e. The number of likely N-dealkylation sites (N-methyl/N-ethyl adjacent to an activating group) is 1. The molecular weight excluding hydrogens is 741 g/mol. The standard InChI is InChI=1S/C46H78NO9P/c1-6-8-10-11-12-13-14-16-20-23-26-29-33-37-45(49)53-41-44(42-55-57(51,52)54-40-39-47(3,4)5)56-46(50)38-34-30-27-24-21-18-15-17-19-22-25-28-32-36-43(48)35-31-9-7-2/h9,13-14,17-19,21,25,27-28,30-32,36,43-44,48H,6-8,10-12,15-16,20,22-24,26,29,33-35,37-42H2,1-5H3/b14-13-,19-17-,21-18-,28-25+,30-27-,31-9-,36-32+/t43?,44-/m1/s1. The predicted molar refractivity (Wildman–Crippen MR) is 232 cm³/mol. The van der Waals surface area contributed by atoms with E-state index >= 15 is 0 Å². The SMILES string of the molecule is CC/C=C\CC(O)/C=C/C=C/C/C=C\C/C=C\C/C=C\CCC(=O)O[C@H](COC(=O)CCCCCCC/C=C\CCCCCC)COP(=O)([O-])OCC[N+](C)(C)C. The van der Waals surface area contributed by atoms with Gasteiger partial charge in [-0.1, -0.05) is 137 Å². The Labute approximate surface area is 346 Å². The minimum absolute atomic E-state index is 0.0572. The fourth-order valence-corrected chi connectivity index (χ4v) is 5.84. The first-order valence-corrected chi connectivity index (χ1v) is 22.9. The molecule has 1 N–H and O–H groups in total. The van der Waals surface area contributed by atoms with Crippen molar-refractivity contribution in [2.45, 2.75) is 148 Å². The number of aliphatic hydroxyl groups excluding tert-OH is 1. The second-order valence-corrected chi connectivity index (χ2v) is 16.6. The summed E-state index contributed by atoms with van der Waals surface area (Å²) in [6.07, 6.45) is 43.9. The van der Waals surface area contributed by atoms with E-state index in [2.05, 4.69) is 44.2 Å². The quantitative estimate of drug-likeness (QED) is 0.0162. The highest BCUT2D eigenvalue weighted by Crippen LogP contribution is 2.38. The van der Waals surface area contributed by atoms with Crippen LogP contribution in [0.5, 0.6) is 0 Å². The third kappa shape index (κ3) is 41.1. The number of phosphoric acid groups is 1. The predicted octanol–water partition coefficient (Wildman–Crippen LogP) is 10.4. The molecule has 0 amide bonds.